The van der Waals surface area contributed by atoms with Crippen LogP contribution in [0.1, 0.15) is 28.9 Å². The van der Waals surface area contributed by atoms with Crippen LogP contribution in [0.25, 0.3) is 11.7 Å². The molecule has 4 aromatic rings. The van der Waals surface area contributed by atoms with Crippen molar-refractivity contribution in [2.75, 3.05) is 5.32 Å². The van der Waals surface area contributed by atoms with Gasteiger partial charge in [-0.05, 0) is 37.1 Å². The van der Waals surface area contributed by atoms with Crippen molar-refractivity contribution in [2.24, 2.45) is 4.99 Å². The van der Waals surface area contributed by atoms with Crippen molar-refractivity contribution in [1.29, 1.82) is 0 Å². The van der Waals surface area contributed by atoms with E-state index in [9.17, 15) is 19.1 Å². The SMILES string of the molecule is O=C(Nc1cc(=NC2CC2)n2nc/c(=C\c3[nH]c(=O)[nH]c3O)c2n1)c1cccc(F)c1. The van der Waals surface area contributed by atoms with Gasteiger partial charge in [0.05, 0.1) is 12.2 Å². The van der Waals surface area contributed by atoms with E-state index in [1.54, 1.807) is 6.07 Å². The number of carbonyl (C=O) groups is 1. The van der Waals surface area contributed by atoms with Gasteiger partial charge in [0.1, 0.15) is 17.3 Å². The molecule has 1 aromatic carbocycles. The molecule has 0 spiro atoms. The number of imidazole rings is 1. The monoisotopic (exact) mass is 421 g/mol. The summed E-state index contributed by atoms with van der Waals surface area (Å²) >= 11 is 0. The first-order valence-corrected chi connectivity index (χ1v) is 9.49. The molecule has 11 heteroatoms. The largest absolute Gasteiger partial charge is 0.493 e. The number of nitrogens with one attached hydrogen (secondary N) is 3. The number of hydrogen-bond donors (Lipinski definition) is 4. The van der Waals surface area contributed by atoms with Crippen LogP contribution in [-0.4, -0.2) is 41.6 Å². The highest BCUT2D eigenvalue weighted by Gasteiger charge is 2.20. The molecule has 1 amide bonds. The van der Waals surface area contributed by atoms with Crippen molar-refractivity contribution >= 4 is 23.4 Å². The summed E-state index contributed by atoms with van der Waals surface area (Å²) in [7, 11) is 0. The van der Waals surface area contributed by atoms with Gasteiger partial charge >= 0.3 is 5.69 Å². The Labute approximate surface area is 172 Å². The Morgan fingerprint density at radius 3 is 2.87 bits per heavy atom. The second-order valence-corrected chi connectivity index (χ2v) is 7.15. The molecule has 1 saturated carbocycles. The van der Waals surface area contributed by atoms with Crippen LogP contribution >= 0.6 is 0 Å². The average Bonchev–Trinajstić information content (AvgIpc) is 3.37. The highest BCUT2D eigenvalue weighted by atomic mass is 19.1. The molecule has 5 rings (SSSR count). The van der Waals surface area contributed by atoms with Gasteiger partial charge in [0.15, 0.2) is 11.1 Å². The Hall–Kier alpha value is -4.28. The normalized spacial score (nSPS) is 15.0. The minimum atomic E-state index is -0.555. The van der Waals surface area contributed by atoms with E-state index in [1.807, 2.05) is 0 Å². The highest BCUT2D eigenvalue weighted by molar-refractivity contribution is 6.03. The lowest BCUT2D eigenvalue weighted by Crippen LogP contribution is -2.22. The van der Waals surface area contributed by atoms with Crippen LogP contribution in [0.4, 0.5) is 10.2 Å². The Balaban J connectivity index is 1.63. The summed E-state index contributed by atoms with van der Waals surface area (Å²) in [5, 5.41) is 17.3. The first-order valence-electron chi connectivity index (χ1n) is 9.49. The molecule has 1 aliphatic rings. The van der Waals surface area contributed by atoms with Gasteiger partial charge in [-0.25, -0.2) is 14.2 Å². The third-order valence-electron chi connectivity index (χ3n) is 4.71. The maximum absolute atomic E-state index is 13.5. The van der Waals surface area contributed by atoms with Gasteiger partial charge in [0.25, 0.3) is 5.91 Å². The van der Waals surface area contributed by atoms with Crippen molar-refractivity contribution in [1.82, 2.24) is 24.6 Å². The fraction of sp³-hybridized carbons (Fsp3) is 0.150. The number of aromatic amines is 2. The van der Waals surface area contributed by atoms with E-state index in [-0.39, 0.29) is 29.0 Å². The van der Waals surface area contributed by atoms with Gasteiger partial charge in [0.2, 0.25) is 5.88 Å². The topological polar surface area (TPSA) is 141 Å². The van der Waals surface area contributed by atoms with Crippen molar-refractivity contribution in [3.05, 3.63) is 74.8 Å². The minimum absolute atomic E-state index is 0.150. The number of fused-ring (bicyclic) bond motifs is 1. The van der Waals surface area contributed by atoms with E-state index in [0.29, 0.717) is 16.4 Å². The van der Waals surface area contributed by atoms with Crippen molar-refractivity contribution in [3.63, 3.8) is 0 Å². The molecule has 31 heavy (non-hydrogen) atoms. The summed E-state index contributed by atoms with van der Waals surface area (Å²) < 4.78 is 15.0. The van der Waals surface area contributed by atoms with Crippen molar-refractivity contribution in [3.8, 4) is 5.88 Å². The molecular weight excluding hydrogens is 405 g/mol. The standard InChI is InChI=1S/C20H16FN7O3/c21-12-3-1-2-10(6-12)18(29)26-15-8-16(23-13-4-5-13)28-17(25-15)11(9-22-28)7-14-19(30)27-20(31)24-14/h1-3,6-9,13,30H,4-5H2,(H,26,29)(H2,24,27,31)/b11-7+,23-16?. The summed E-state index contributed by atoms with van der Waals surface area (Å²) in [5.41, 5.74) is 0.612. The summed E-state index contributed by atoms with van der Waals surface area (Å²) in [5.74, 6) is -1.15. The number of nitrogens with zero attached hydrogens (tertiary/aromatic N) is 4. The van der Waals surface area contributed by atoms with Crippen LogP contribution in [0, 0.1) is 5.82 Å². The minimum Gasteiger partial charge on any atom is -0.493 e. The maximum atomic E-state index is 13.5. The number of anilines is 1. The van der Waals surface area contributed by atoms with Gasteiger partial charge in [-0.15, -0.1) is 0 Å². The average molecular weight is 421 g/mol. The van der Waals surface area contributed by atoms with Crippen LogP contribution in [-0.2, 0) is 0 Å². The zero-order chi connectivity index (χ0) is 21.5. The summed E-state index contributed by atoms with van der Waals surface area (Å²) in [6, 6.07) is 7.10. The maximum Gasteiger partial charge on any atom is 0.326 e. The molecule has 0 radical (unpaired) electrons. The first kappa shape index (κ1) is 18.7. The van der Waals surface area contributed by atoms with Crippen LogP contribution in [0.15, 0.2) is 46.3 Å². The van der Waals surface area contributed by atoms with Crippen molar-refractivity contribution in [2.45, 2.75) is 18.9 Å². The van der Waals surface area contributed by atoms with Crippen LogP contribution in [0.5, 0.6) is 5.88 Å². The number of aromatic nitrogens is 5. The highest BCUT2D eigenvalue weighted by Crippen LogP contribution is 2.22. The Morgan fingerprint density at radius 2 is 2.16 bits per heavy atom. The fourth-order valence-corrected chi connectivity index (χ4v) is 3.08. The number of carbonyl (C=O) groups excluding carboxylic acids is 1. The molecule has 0 atom stereocenters. The predicted octanol–water partition coefficient (Wildman–Crippen LogP) is 0.453. The number of halogens is 1. The second kappa shape index (κ2) is 7.20. The van der Waals surface area contributed by atoms with Gasteiger partial charge in [-0.2, -0.15) is 9.61 Å². The molecule has 4 N–H and O–H groups in total. The Morgan fingerprint density at radius 1 is 1.32 bits per heavy atom. The molecule has 0 saturated heterocycles. The van der Waals surface area contributed by atoms with Crippen LogP contribution < -0.4 is 21.7 Å². The number of aromatic hydroxyl groups is 1. The van der Waals surface area contributed by atoms with E-state index < -0.39 is 17.4 Å². The number of hydrogen-bond acceptors (Lipinski definition) is 6. The molecule has 0 unspecified atom stereocenters. The van der Waals surface area contributed by atoms with E-state index in [4.69, 9.17) is 0 Å². The molecule has 10 nitrogen and oxygen atoms in total. The van der Waals surface area contributed by atoms with Gasteiger partial charge in [-0.3, -0.25) is 14.8 Å². The second-order valence-electron chi connectivity index (χ2n) is 7.15. The predicted molar refractivity (Wildman–Crippen MR) is 108 cm³/mol. The molecule has 3 aromatic heterocycles. The first-order chi connectivity index (χ1) is 15.0. The zero-order valence-electron chi connectivity index (χ0n) is 16.0. The van der Waals surface area contributed by atoms with E-state index in [0.717, 1.165) is 18.9 Å². The zero-order valence-corrected chi connectivity index (χ0v) is 16.0. The Bertz CT molecular complexity index is 1500. The third-order valence-corrected chi connectivity index (χ3v) is 4.71. The quantitative estimate of drug-likeness (QED) is 0.379. The smallest absolute Gasteiger partial charge is 0.326 e. The molecule has 3 heterocycles. The molecular formula is C20H16FN7O3. The molecule has 0 aliphatic heterocycles. The number of rotatable bonds is 4. The Kier molecular flexibility index (Phi) is 4.35. The number of H-pyrrole nitrogens is 2. The van der Waals surface area contributed by atoms with Gasteiger partial charge in [0, 0.05) is 16.8 Å². The van der Waals surface area contributed by atoms with E-state index >= 15 is 0 Å². The fourth-order valence-electron chi connectivity index (χ4n) is 3.08. The summed E-state index contributed by atoms with van der Waals surface area (Å²) in [6.45, 7) is 0. The van der Waals surface area contributed by atoms with Gasteiger partial charge in [-0.1, -0.05) is 6.07 Å². The third kappa shape index (κ3) is 3.80. The van der Waals surface area contributed by atoms with Crippen LogP contribution in [0.3, 0.4) is 0 Å². The molecule has 156 valence electrons. The number of amides is 1. The summed E-state index contributed by atoms with van der Waals surface area (Å²) in [4.78, 5) is 37.7. The molecule has 1 fully saturated rings. The summed E-state index contributed by atoms with van der Waals surface area (Å²) in [6.07, 6.45) is 4.94. The van der Waals surface area contributed by atoms with E-state index in [1.165, 1.54) is 35.0 Å². The van der Waals surface area contributed by atoms with E-state index in [2.05, 4.69) is 30.4 Å². The number of benzene rings is 1. The van der Waals surface area contributed by atoms with Crippen LogP contribution in [0.2, 0.25) is 0 Å². The van der Waals surface area contributed by atoms with Gasteiger partial charge < -0.3 is 15.4 Å². The lowest BCUT2D eigenvalue weighted by Gasteiger charge is -2.06. The molecule has 0 bridgehead atoms. The lowest BCUT2D eigenvalue weighted by molar-refractivity contribution is 0.102. The van der Waals surface area contributed by atoms with Crippen molar-refractivity contribution < 1.29 is 14.3 Å². The lowest BCUT2D eigenvalue weighted by atomic mass is 10.2. The molecule has 1 aliphatic carbocycles.